The van der Waals surface area contributed by atoms with E-state index < -0.39 is 17.6 Å². The number of hydrogen-bond donors (Lipinski definition) is 1. The Morgan fingerprint density at radius 2 is 1.68 bits per heavy atom. The molecule has 4 rings (SSSR count). The molecule has 1 aliphatic heterocycles. The number of carboxylic acid groups (broad SMARTS) is 1. The fourth-order valence-corrected chi connectivity index (χ4v) is 3.68. The molecular formula is C22H20F2N4O3. The van der Waals surface area contributed by atoms with Crippen LogP contribution in [-0.2, 0) is 35.5 Å². The predicted molar refractivity (Wildman–Crippen MR) is 106 cm³/mol. The van der Waals surface area contributed by atoms with Crippen LogP contribution in [0.2, 0.25) is 0 Å². The maximum Gasteiger partial charge on any atom is 0.303 e. The van der Waals surface area contributed by atoms with Crippen molar-refractivity contribution in [3.05, 3.63) is 76.6 Å². The average molecular weight is 426 g/mol. The highest BCUT2D eigenvalue weighted by Gasteiger charge is 2.25. The number of nitrogens with zero attached hydrogens (tertiary/aromatic N) is 4. The number of aliphatic carboxylic acids is 1. The summed E-state index contributed by atoms with van der Waals surface area (Å²) in [6.07, 6.45) is 2.63. The quantitative estimate of drug-likeness (QED) is 0.627. The number of hydrogen-bond acceptors (Lipinski definition) is 4. The third-order valence-electron chi connectivity index (χ3n) is 5.30. The minimum absolute atomic E-state index is 0.0269. The van der Waals surface area contributed by atoms with Crippen LogP contribution >= 0.6 is 0 Å². The van der Waals surface area contributed by atoms with E-state index in [-0.39, 0.29) is 38.3 Å². The molecule has 1 N–H and O–H groups in total. The fourth-order valence-electron chi connectivity index (χ4n) is 3.68. The molecule has 2 aromatic carbocycles. The van der Waals surface area contributed by atoms with E-state index in [2.05, 4.69) is 10.3 Å². The Morgan fingerprint density at radius 1 is 1.00 bits per heavy atom. The fraction of sp³-hybridized carbons (Fsp3) is 0.273. The standard InChI is InChI=1S/C22H20F2N4O3/c23-18-9-15-11-27(12-16(15)10-19(18)24)21(29)7-5-14-3-1-2-4-20(14)28-13-17(25-26-28)6-8-22(30)31/h1-4,9-10,13H,5-8,11-12H2,(H,30,31). The Balaban J connectivity index is 1.42. The van der Waals surface area contributed by atoms with Crippen molar-refractivity contribution in [1.82, 2.24) is 19.9 Å². The van der Waals surface area contributed by atoms with Gasteiger partial charge in [0.15, 0.2) is 11.6 Å². The minimum Gasteiger partial charge on any atom is -0.481 e. The molecule has 2 heterocycles. The lowest BCUT2D eigenvalue weighted by atomic mass is 10.1. The van der Waals surface area contributed by atoms with Gasteiger partial charge in [-0.25, -0.2) is 13.5 Å². The molecule has 1 aliphatic rings. The number of carboxylic acids is 1. The highest BCUT2D eigenvalue weighted by molar-refractivity contribution is 5.77. The molecule has 31 heavy (non-hydrogen) atoms. The molecule has 0 bridgehead atoms. The number of carbonyl (C=O) groups is 2. The van der Waals surface area contributed by atoms with Gasteiger partial charge in [0.2, 0.25) is 5.91 Å². The topological polar surface area (TPSA) is 88.3 Å². The number of benzene rings is 2. The largest absolute Gasteiger partial charge is 0.481 e. The highest BCUT2D eigenvalue weighted by Crippen LogP contribution is 2.26. The van der Waals surface area contributed by atoms with Crippen molar-refractivity contribution in [3.63, 3.8) is 0 Å². The third-order valence-corrected chi connectivity index (χ3v) is 5.30. The first kappa shape index (κ1) is 20.6. The van der Waals surface area contributed by atoms with Gasteiger partial charge >= 0.3 is 5.97 Å². The van der Waals surface area contributed by atoms with Crippen LogP contribution in [0.15, 0.2) is 42.6 Å². The van der Waals surface area contributed by atoms with E-state index in [1.54, 1.807) is 15.8 Å². The number of carbonyl (C=O) groups excluding carboxylic acids is 1. The van der Waals surface area contributed by atoms with Gasteiger partial charge in [-0.15, -0.1) is 5.10 Å². The normalized spacial score (nSPS) is 12.8. The molecule has 0 fully saturated rings. The van der Waals surface area contributed by atoms with Gasteiger partial charge in [0.25, 0.3) is 0 Å². The van der Waals surface area contributed by atoms with E-state index in [9.17, 15) is 18.4 Å². The maximum atomic E-state index is 13.4. The highest BCUT2D eigenvalue weighted by atomic mass is 19.2. The number of para-hydroxylation sites is 1. The summed E-state index contributed by atoms with van der Waals surface area (Å²) in [5, 5.41) is 16.9. The van der Waals surface area contributed by atoms with Crippen LogP contribution in [0.1, 0.15) is 35.2 Å². The molecule has 3 aromatic rings. The number of halogens is 2. The first-order valence-electron chi connectivity index (χ1n) is 9.86. The van der Waals surface area contributed by atoms with Crippen LogP contribution in [0.5, 0.6) is 0 Å². The molecule has 0 atom stereocenters. The maximum absolute atomic E-state index is 13.4. The van der Waals surface area contributed by atoms with E-state index in [1.807, 2.05) is 24.3 Å². The number of aromatic nitrogens is 3. The molecular weight excluding hydrogens is 406 g/mol. The zero-order valence-corrected chi connectivity index (χ0v) is 16.6. The van der Waals surface area contributed by atoms with Gasteiger partial charge < -0.3 is 10.0 Å². The van der Waals surface area contributed by atoms with Crippen molar-refractivity contribution in [3.8, 4) is 5.69 Å². The third kappa shape index (κ3) is 4.60. The Morgan fingerprint density at radius 3 is 2.35 bits per heavy atom. The number of aryl methyl sites for hydroxylation is 2. The van der Waals surface area contributed by atoms with Gasteiger partial charge in [-0.05, 0) is 41.3 Å². The lowest BCUT2D eigenvalue weighted by molar-refractivity contribution is -0.137. The van der Waals surface area contributed by atoms with Crippen molar-refractivity contribution in [2.24, 2.45) is 0 Å². The molecule has 0 spiro atoms. The van der Waals surface area contributed by atoms with Crippen LogP contribution in [-0.4, -0.2) is 36.9 Å². The second kappa shape index (κ2) is 8.63. The molecule has 1 aromatic heterocycles. The molecule has 0 radical (unpaired) electrons. The lowest BCUT2D eigenvalue weighted by Crippen LogP contribution is -2.25. The smallest absolute Gasteiger partial charge is 0.303 e. The second-order valence-corrected chi connectivity index (χ2v) is 7.46. The molecule has 9 heteroatoms. The molecule has 0 saturated carbocycles. The Bertz CT molecular complexity index is 1110. The van der Waals surface area contributed by atoms with Crippen molar-refractivity contribution in [2.45, 2.75) is 38.8 Å². The van der Waals surface area contributed by atoms with Gasteiger partial charge in [0.05, 0.1) is 24.0 Å². The Labute approximate surface area is 176 Å². The van der Waals surface area contributed by atoms with Gasteiger partial charge in [-0.3, -0.25) is 9.59 Å². The summed E-state index contributed by atoms with van der Waals surface area (Å²) < 4.78 is 28.5. The number of fused-ring (bicyclic) bond motifs is 1. The Hall–Kier alpha value is -3.62. The van der Waals surface area contributed by atoms with Crippen molar-refractivity contribution < 1.29 is 23.5 Å². The molecule has 7 nitrogen and oxygen atoms in total. The zero-order valence-electron chi connectivity index (χ0n) is 16.6. The molecule has 0 unspecified atom stereocenters. The molecule has 160 valence electrons. The predicted octanol–water partition coefficient (Wildman–Crippen LogP) is 3.04. The average Bonchev–Trinajstić information content (AvgIpc) is 3.38. The first-order chi connectivity index (χ1) is 14.9. The lowest BCUT2D eigenvalue weighted by Gasteiger charge is -2.16. The Kier molecular flexibility index (Phi) is 5.75. The van der Waals surface area contributed by atoms with Gasteiger partial charge in [0, 0.05) is 25.9 Å². The van der Waals surface area contributed by atoms with E-state index in [0.29, 0.717) is 23.2 Å². The minimum atomic E-state index is -0.905. The van der Waals surface area contributed by atoms with Gasteiger partial charge in [0.1, 0.15) is 0 Å². The summed E-state index contributed by atoms with van der Waals surface area (Å²) in [7, 11) is 0. The summed E-state index contributed by atoms with van der Waals surface area (Å²) in [6.45, 7) is 0.534. The van der Waals surface area contributed by atoms with Gasteiger partial charge in [-0.1, -0.05) is 23.4 Å². The van der Waals surface area contributed by atoms with E-state index >= 15 is 0 Å². The monoisotopic (exact) mass is 426 g/mol. The summed E-state index contributed by atoms with van der Waals surface area (Å²) in [6, 6.07) is 9.76. The van der Waals surface area contributed by atoms with Crippen LogP contribution in [0.4, 0.5) is 8.78 Å². The summed E-state index contributed by atoms with van der Waals surface area (Å²) in [4.78, 5) is 25.0. The summed E-state index contributed by atoms with van der Waals surface area (Å²) >= 11 is 0. The van der Waals surface area contributed by atoms with Crippen LogP contribution in [0.25, 0.3) is 5.69 Å². The first-order valence-corrected chi connectivity index (χ1v) is 9.86. The van der Waals surface area contributed by atoms with Crippen LogP contribution in [0, 0.1) is 11.6 Å². The number of amides is 1. The SMILES string of the molecule is O=C(O)CCc1cn(-c2ccccc2CCC(=O)N2Cc3cc(F)c(F)cc3C2)nn1. The van der Waals surface area contributed by atoms with E-state index in [0.717, 1.165) is 23.4 Å². The summed E-state index contributed by atoms with van der Waals surface area (Å²) in [5.74, 6) is -2.81. The van der Waals surface area contributed by atoms with Crippen molar-refractivity contribution in [2.75, 3.05) is 0 Å². The van der Waals surface area contributed by atoms with E-state index in [4.69, 9.17) is 5.11 Å². The van der Waals surface area contributed by atoms with Gasteiger partial charge in [-0.2, -0.15) is 0 Å². The molecule has 0 aliphatic carbocycles. The summed E-state index contributed by atoms with van der Waals surface area (Å²) in [5.41, 5.74) is 3.48. The second-order valence-electron chi connectivity index (χ2n) is 7.46. The molecule has 1 amide bonds. The van der Waals surface area contributed by atoms with Crippen molar-refractivity contribution >= 4 is 11.9 Å². The van der Waals surface area contributed by atoms with E-state index in [1.165, 1.54) is 0 Å². The van der Waals surface area contributed by atoms with Crippen molar-refractivity contribution in [1.29, 1.82) is 0 Å². The zero-order chi connectivity index (χ0) is 22.0. The number of rotatable bonds is 7. The van der Waals surface area contributed by atoms with Crippen LogP contribution < -0.4 is 0 Å². The van der Waals surface area contributed by atoms with Crippen LogP contribution in [0.3, 0.4) is 0 Å². The molecule has 0 saturated heterocycles.